The van der Waals surface area contributed by atoms with E-state index in [-0.39, 0.29) is 0 Å². The van der Waals surface area contributed by atoms with Gasteiger partial charge in [-0.3, -0.25) is 0 Å². The molecule has 0 unspecified atom stereocenters. The van der Waals surface area contributed by atoms with Crippen molar-refractivity contribution in [2.75, 3.05) is 5.73 Å². The maximum absolute atomic E-state index is 5.65. The number of hydrogen-bond donors (Lipinski definition) is 1. The van der Waals surface area contributed by atoms with Gasteiger partial charge in [0, 0.05) is 16.8 Å². The van der Waals surface area contributed by atoms with Crippen LogP contribution in [0.4, 0.5) is 5.69 Å². The summed E-state index contributed by atoms with van der Waals surface area (Å²) >= 11 is 0. The summed E-state index contributed by atoms with van der Waals surface area (Å²) in [5.74, 6) is 1.09. The fraction of sp³-hybridized carbons (Fsp3) is 0.0667. The highest BCUT2D eigenvalue weighted by Crippen LogP contribution is 2.22. The number of nitrogens with two attached hydrogens (primary N) is 1. The fourth-order valence-electron chi connectivity index (χ4n) is 1.79. The Balaban J connectivity index is 1.95. The van der Waals surface area contributed by atoms with E-state index >= 15 is 0 Å². The van der Waals surface area contributed by atoms with Gasteiger partial charge in [-0.05, 0) is 43.3 Å². The van der Waals surface area contributed by atoms with E-state index in [0.717, 1.165) is 11.1 Å². The number of rotatable bonds is 2. The van der Waals surface area contributed by atoms with Crippen LogP contribution in [0.15, 0.2) is 53.1 Å². The van der Waals surface area contributed by atoms with E-state index in [2.05, 4.69) is 10.1 Å². The second kappa shape index (κ2) is 4.57. The minimum absolute atomic E-state index is 0.520. The molecule has 1 aromatic heterocycles. The number of aryl methyl sites for hydroxylation is 1. The van der Waals surface area contributed by atoms with Crippen molar-refractivity contribution in [2.45, 2.75) is 6.92 Å². The van der Waals surface area contributed by atoms with Crippen molar-refractivity contribution in [3.63, 3.8) is 0 Å². The molecular formula is C15H13N3O. The SMILES string of the molecule is Cc1ccc(-c2nc(-c3ccc(N)cc3)no2)cc1. The molecule has 0 aliphatic heterocycles. The molecule has 0 aliphatic rings. The highest BCUT2D eigenvalue weighted by Gasteiger charge is 2.10. The summed E-state index contributed by atoms with van der Waals surface area (Å²) in [4.78, 5) is 4.39. The lowest BCUT2D eigenvalue weighted by atomic mass is 10.1. The summed E-state index contributed by atoms with van der Waals surface area (Å²) in [7, 11) is 0. The molecule has 0 radical (unpaired) electrons. The van der Waals surface area contributed by atoms with Gasteiger partial charge in [0.15, 0.2) is 0 Å². The van der Waals surface area contributed by atoms with Crippen LogP contribution in [0.3, 0.4) is 0 Å². The number of anilines is 1. The Hall–Kier alpha value is -2.62. The molecule has 0 aliphatic carbocycles. The molecule has 3 rings (SSSR count). The molecular weight excluding hydrogens is 238 g/mol. The molecule has 4 nitrogen and oxygen atoms in total. The monoisotopic (exact) mass is 251 g/mol. The topological polar surface area (TPSA) is 64.9 Å². The quantitative estimate of drug-likeness (QED) is 0.710. The van der Waals surface area contributed by atoms with Crippen LogP contribution in [0, 0.1) is 6.92 Å². The summed E-state index contributed by atoms with van der Waals surface area (Å²) in [5, 5.41) is 3.99. The standard InChI is InChI=1S/C15H13N3O/c1-10-2-4-12(5-3-10)15-17-14(18-19-15)11-6-8-13(16)9-7-11/h2-9H,16H2,1H3. The van der Waals surface area contributed by atoms with E-state index in [1.165, 1.54) is 5.56 Å². The van der Waals surface area contributed by atoms with Crippen LogP contribution in [0.1, 0.15) is 5.56 Å². The fourth-order valence-corrected chi connectivity index (χ4v) is 1.79. The van der Waals surface area contributed by atoms with Crippen molar-refractivity contribution in [2.24, 2.45) is 0 Å². The van der Waals surface area contributed by atoms with Crippen molar-refractivity contribution in [3.05, 3.63) is 54.1 Å². The molecule has 2 N–H and O–H groups in total. The third kappa shape index (κ3) is 2.33. The van der Waals surface area contributed by atoms with E-state index in [1.807, 2.05) is 55.5 Å². The van der Waals surface area contributed by atoms with Gasteiger partial charge in [-0.1, -0.05) is 22.9 Å². The highest BCUT2D eigenvalue weighted by molar-refractivity contribution is 5.61. The largest absolute Gasteiger partial charge is 0.399 e. The van der Waals surface area contributed by atoms with Crippen molar-refractivity contribution >= 4 is 5.69 Å². The minimum atomic E-state index is 0.520. The average Bonchev–Trinajstić information content (AvgIpc) is 2.90. The molecule has 0 atom stereocenters. The number of hydrogen-bond acceptors (Lipinski definition) is 4. The van der Waals surface area contributed by atoms with Gasteiger partial charge in [-0.25, -0.2) is 0 Å². The molecule has 0 amide bonds. The van der Waals surface area contributed by atoms with Gasteiger partial charge in [-0.15, -0.1) is 0 Å². The van der Waals surface area contributed by atoms with Crippen LogP contribution < -0.4 is 5.73 Å². The Kier molecular flexibility index (Phi) is 2.76. The molecule has 0 saturated carbocycles. The zero-order valence-electron chi connectivity index (χ0n) is 10.5. The number of nitrogen functional groups attached to an aromatic ring is 1. The first-order chi connectivity index (χ1) is 9.22. The second-order valence-electron chi connectivity index (χ2n) is 4.41. The summed E-state index contributed by atoms with van der Waals surface area (Å²) in [6.45, 7) is 2.04. The Labute approximate surface area is 110 Å². The van der Waals surface area contributed by atoms with E-state index in [0.29, 0.717) is 17.4 Å². The van der Waals surface area contributed by atoms with Crippen LogP contribution in [0.25, 0.3) is 22.8 Å². The van der Waals surface area contributed by atoms with E-state index in [9.17, 15) is 0 Å². The maximum Gasteiger partial charge on any atom is 0.258 e. The first-order valence-electron chi connectivity index (χ1n) is 5.99. The van der Waals surface area contributed by atoms with Gasteiger partial charge >= 0.3 is 0 Å². The number of aromatic nitrogens is 2. The van der Waals surface area contributed by atoms with Crippen LogP contribution in [-0.2, 0) is 0 Å². The van der Waals surface area contributed by atoms with Crippen LogP contribution >= 0.6 is 0 Å². The zero-order valence-corrected chi connectivity index (χ0v) is 10.5. The third-order valence-electron chi connectivity index (χ3n) is 2.89. The van der Waals surface area contributed by atoms with Crippen LogP contribution in [0.5, 0.6) is 0 Å². The predicted octanol–water partition coefficient (Wildman–Crippen LogP) is 3.29. The lowest BCUT2D eigenvalue weighted by Crippen LogP contribution is -1.85. The maximum atomic E-state index is 5.65. The van der Waals surface area contributed by atoms with Crippen LogP contribution in [-0.4, -0.2) is 10.1 Å². The Morgan fingerprint density at radius 3 is 2.21 bits per heavy atom. The molecule has 4 heteroatoms. The number of benzene rings is 2. The molecule has 0 spiro atoms. The first kappa shape index (κ1) is 11.5. The predicted molar refractivity (Wildman–Crippen MR) is 74.3 cm³/mol. The summed E-state index contributed by atoms with van der Waals surface area (Å²) in [6, 6.07) is 15.3. The van der Waals surface area contributed by atoms with Gasteiger partial charge < -0.3 is 10.3 Å². The van der Waals surface area contributed by atoms with E-state index in [4.69, 9.17) is 10.3 Å². The van der Waals surface area contributed by atoms with Gasteiger partial charge in [0.25, 0.3) is 5.89 Å². The first-order valence-corrected chi connectivity index (χ1v) is 5.99. The molecule has 3 aromatic rings. The van der Waals surface area contributed by atoms with Crippen molar-refractivity contribution in [1.29, 1.82) is 0 Å². The summed E-state index contributed by atoms with van der Waals surface area (Å²) in [5.41, 5.74) is 9.36. The summed E-state index contributed by atoms with van der Waals surface area (Å²) < 4.78 is 5.28. The van der Waals surface area contributed by atoms with Gasteiger partial charge in [0.05, 0.1) is 0 Å². The van der Waals surface area contributed by atoms with Gasteiger partial charge in [0.1, 0.15) is 0 Å². The van der Waals surface area contributed by atoms with E-state index in [1.54, 1.807) is 0 Å². The van der Waals surface area contributed by atoms with Crippen molar-refractivity contribution in [1.82, 2.24) is 10.1 Å². The Morgan fingerprint density at radius 1 is 0.895 bits per heavy atom. The van der Waals surface area contributed by atoms with Crippen molar-refractivity contribution < 1.29 is 4.52 Å². The zero-order chi connectivity index (χ0) is 13.2. The van der Waals surface area contributed by atoms with Crippen molar-refractivity contribution in [3.8, 4) is 22.8 Å². The lowest BCUT2D eigenvalue weighted by molar-refractivity contribution is 0.432. The van der Waals surface area contributed by atoms with E-state index < -0.39 is 0 Å². The molecule has 0 bridgehead atoms. The average molecular weight is 251 g/mol. The third-order valence-corrected chi connectivity index (χ3v) is 2.89. The lowest BCUT2D eigenvalue weighted by Gasteiger charge is -1.95. The second-order valence-corrected chi connectivity index (χ2v) is 4.41. The molecule has 2 aromatic carbocycles. The normalized spacial score (nSPS) is 10.6. The smallest absolute Gasteiger partial charge is 0.258 e. The Morgan fingerprint density at radius 2 is 1.53 bits per heavy atom. The minimum Gasteiger partial charge on any atom is -0.399 e. The summed E-state index contributed by atoms with van der Waals surface area (Å²) in [6.07, 6.45) is 0. The highest BCUT2D eigenvalue weighted by atomic mass is 16.5. The molecule has 19 heavy (non-hydrogen) atoms. The van der Waals surface area contributed by atoms with Gasteiger partial charge in [0.2, 0.25) is 5.82 Å². The Bertz CT molecular complexity index is 624. The molecule has 0 fully saturated rings. The molecule has 1 heterocycles. The molecule has 0 saturated heterocycles. The van der Waals surface area contributed by atoms with Crippen LogP contribution in [0.2, 0.25) is 0 Å². The molecule has 94 valence electrons. The van der Waals surface area contributed by atoms with Gasteiger partial charge in [-0.2, -0.15) is 4.98 Å². The number of nitrogens with zero attached hydrogens (tertiary/aromatic N) is 2.